The minimum Gasteiger partial charge on any atom is -0.459 e. The van der Waals surface area contributed by atoms with E-state index in [1.807, 2.05) is 0 Å². The largest absolute Gasteiger partial charge is 0.459 e. The molecule has 0 bridgehead atoms. The maximum absolute atomic E-state index is 11.5. The maximum atomic E-state index is 11.5. The van der Waals surface area contributed by atoms with Gasteiger partial charge in [0, 0.05) is 17.8 Å². The van der Waals surface area contributed by atoms with Crippen LogP contribution in [-0.2, 0) is 19.1 Å². The van der Waals surface area contributed by atoms with Crippen LogP contribution in [0, 0.1) is 0 Å². The molecule has 0 aromatic carbocycles. The lowest BCUT2D eigenvalue weighted by molar-refractivity contribution is -0.147. The lowest BCUT2D eigenvalue weighted by Crippen LogP contribution is -2.15. The monoisotopic (exact) mass is 270 g/mol. The molecular formula is C14H22O5. The molecule has 0 amide bonds. The van der Waals surface area contributed by atoms with E-state index in [0.29, 0.717) is 17.6 Å². The highest BCUT2D eigenvalue weighted by Gasteiger charge is 2.09. The number of esters is 2. The Morgan fingerprint density at radius 1 is 1.00 bits per heavy atom. The molecule has 5 nitrogen and oxygen atoms in total. The summed E-state index contributed by atoms with van der Waals surface area (Å²) in [5.74, 6) is -0.978. The lowest BCUT2D eigenvalue weighted by atomic mass is 10.1. The second-order valence-electron chi connectivity index (χ2n) is 4.19. The molecule has 0 aromatic rings. The van der Waals surface area contributed by atoms with E-state index in [9.17, 15) is 9.59 Å². The number of hydrogen-bond donors (Lipinski definition) is 1. The number of carbonyl (C=O) groups is 2. The molecule has 1 N–H and O–H groups in total. The Balaban J connectivity index is 3.65. The topological polar surface area (TPSA) is 72.8 Å². The number of aliphatic hydroxyl groups is 1. The van der Waals surface area contributed by atoms with E-state index in [-0.39, 0.29) is 19.8 Å². The summed E-state index contributed by atoms with van der Waals surface area (Å²) in [6, 6.07) is 0. The van der Waals surface area contributed by atoms with Crippen molar-refractivity contribution in [2.45, 2.75) is 32.6 Å². The molecule has 0 unspecified atom stereocenters. The molecule has 0 radical (unpaired) electrons. The summed E-state index contributed by atoms with van der Waals surface area (Å²) >= 11 is 0. The summed E-state index contributed by atoms with van der Waals surface area (Å²) < 4.78 is 9.67. The molecule has 0 saturated heterocycles. The lowest BCUT2D eigenvalue weighted by Gasteiger charge is -2.07. The summed E-state index contributed by atoms with van der Waals surface area (Å²) in [5, 5.41) is 8.61. The molecule has 0 aromatic heterocycles. The van der Waals surface area contributed by atoms with Gasteiger partial charge in [0.15, 0.2) is 0 Å². The summed E-state index contributed by atoms with van der Waals surface area (Å²) in [6.45, 7) is 8.79. The number of aliphatic hydroxyl groups excluding tert-OH is 1. The van der Waals surface area contributed by atoms with Crippen molar-refractivity contribution in [2.75, 3.05) is 19.8 Å². The Labute approximate surface area is 113 Å². The van der Waals surface area contributed by atoms with Crippen molar-refractivity contribution in [2.24, 2.45) is 0 Å². The Kier molecular flexibility index (Phi) is 9.44. The molecule has 5 heteroatoms. The van der Waals surface area contributed by atoms with Gasteiger partial charge in [0.2, 0.25) is 0 Å². The molecule has 0 aliphatic rings. The highest BCUT2D eigenvalue weighted by Crippen LogP contribution is 2.08. The third-order valence-corrected chi connectivity index (χ3v) is 2.32. The van der Waals surface area contributed by atoms with Gasteiger partial charge in [-0.15, -0.1) is 0 Å². The molecule has 0 fully saturated rings. The van der Waals surface area contributed by atoms with E-state index in [0.717, 1.165) is 19.3 Å². The fourth-order valence-corrected chi connectivity index (χ4v) is 1.22. The van der Waals surface area contributed by atoms with Crippen LogP contribution in [0.15, 0.2) is 24.3 Å². The summed E-state index contributed by atoms with van der Waals surface area (Å²) in [7, 11) is 0. The number of rotatable bonds is 10. The minimum absolute atomic E-state index is 0.00745. The molecule has 0 rings (SSSR count). The average molecular weight is 270 g/mol. The zero-order chi connectivity index (χ0) is 14.7. The Hall–Kier alpha value is -1.62. The fraction of sp³-hybridized carbons (Fsp3) is 0.571. The van der Waals surface area contributed by atoms with Gasteiger partial charge in [0.1, 0.15) is 13.2 Å². The Morgan fingerprint density at radius 3 is 2.11 bits per heavy atom. The number of carbonyl (C=O) groups excluding carboxylic acids is 2. The van der Waals surface area contributed by atoms with Gasteiger partial charge in [-0.05, 0) is 26.2 Å². The zero-order valence-electron chi connectivity index (χ0n) is 11.4. The van der Waals surface area contributed by atoms with Crippen LogP contribution in [0.5, 0.6) is 0 Å². The van der Waals surface area contributed by atoms with Gasteiger partial charge in [0.05, 0.1) is 0 Å². The van der Waals surface area contributed by atoms with E-state index < -0.39 is 11.9 Å². The van der Waals surface area contributed by atoms with Crippen LogP contribution in [0.1, 0.15) is 32.6 Å². The van der Waals surface area contributed by atoms with Gasteiger partial charge in [0.25, 0.3) is 0 Å². The predicted molar refractivity (Wildman–Crippen MR) is 71.4 cm³/mol. The van der Waals surface area contributed by atoms with Crippen LogP contribution in [0.3, 0.4) is 0 Å². The highest BCUT2D eigenvalue weighted by atomic mass is 16.6. The van der Waals surface area contributed by atoms with Crippen molar-refractivity contribution in [1.29, 1.82) is 0 Å². The first-order valence-corrected chi connectivity index (χ1v) is 6.27. The molecule has 108 valence electrons. The second kappa shape index (κ2) is 10.3. The highest BCUT2D eigenvalue weighted by molar-refractivity contribution is 5.88. The van der Waals surface area contributed by atoms with E-state index >= 15 is 0 Å². The average Bonchev–Trinajstić information content (AvgIpc) is 2.38. The summed E-state index contributed by atoms with van der Waals surface area (Å²) in [6.07, 6.45) is 2.90. The van der Waals surface area contributed by atoms with Gasteiger partial charge < -0.3 is 14.6 Å². The normalized spacial score (nSPS) is 9.79. The van der Waals surface area contributed by atoms with Gasteiger partial charge in [-0.25, -0.2) is 9.59 Å². The standard InChI is InChI=1S/C14H22O5/c1-11(2)13(16)18-9-10-19-14(17)12(3)7-5-4-6-8-15/h15H,1,3-10H2,2H3. The number of ether oxygens (including phenoxy) is 2. The smallest absolute Gasteiger partial charge is 0.333 e. The van der Waals surface area contributed by atoms with Gasteiger partial charge in [-0.2, -0.15) is 0 Å². The first-order valence-electron chi connectivity index (χ1n) is 6.27. The van der Waals surface area contributed by atoms with Crippen molar-refractivity contribution in [3.63, 3.8) is 0 Å². The Morgan fingerprint density at radius 2 is 1.58 bits per heavy atom. The van der Waals surface area contributed by atoms with E-state index in [2.05, 4.69) is 13.2 Å². The summed E-state index contributed by atoms with van der Waals surface area (Å²) in [5.41, 5.74) is 0.698. The third-order valence-electron chi connectivity index (χ3n) is 2.32. The Bertz CT molecular complexity index is 333. The second-order valence-corrected chi connectivity index (χ2v) is 4.19. The van der Waals surface area contributed by atoms with Crippen molar-refractivity contribution < 1.29 is 24.2 Å². The van der Waals surface area contributed by atoms with E-state index in [1.54, 1.807) is 6.92 Å². The summed E-state index contributed by atoms with van der Waals surface area (Å²) in [4.78, 5) is 22.5. The molecule has 0 saturated carbocycles. The van der Waals surface area contributed by atoms with Crippen molar-refractivity contribution >= 4 is 11.9 Å². The fourth-order valence-electron chi connectivity index (χ4n) is 1.22. The van der Waals surface area contributed by atoms with Gasteiger partial charge in [-0.3, -0.25) is 0 Å². The van der Waals surface area contributed by atoms with Gasteiger partial charge in [-0.1, -0.05) is 19.6 Å². The van der Waals surface area contributed by atoms with Crippen LogP contribution < -0.4 is 0 Å². The SMILES string of the molecule is C=C(C)C(=O)OCCOC(=O)C(=C)CCCCCO. The van der Waals surface area contributed by atoms with Crippen LogP contribution >= 0.6 is 0 Å². The van der Waals surface area contributed by atoms with Crippen LogP contribution in [0.25, 0.3) is 0 Å². The maximum Gasteiger partial charge on any atom is 0.333 e. The predicted octanol–water partition coefficient (Wildman–Crippen LogP) is 1.76. The number of unbranched alkanes of at least 4 members (excludes halogenated alkanes) is 2. The van der Waals surface area contributed by atoms with Crippen LogP contribution in [-0.4, -0.2) is 36.9 Å². The van der Waals surface area contributed by atoms with Gasteiger partial charge >= 0.3 is 11.9 Å². The zero-order valence-corrected chi connectivity index (χ0v) is 11.4. The minimum atomic E-state index is -0.501. The van der Waals surface area contributed by atoms with Crippen molar-refractivity contribution in [3.05, 3.63) is 24.3 Å². The molecule has 0 aliphatic heterocycles. The first-order chi connectivity index (χ1) is 8.99. The van der Waals surface area contributed by atoms with E-state index in [1.165, 1.54) is 0 Å². The van der Waals surface area contributed by atoms with Crippen LogP contribution in [0.4, 0.5) is 0 Å². The van der Waals surface area contributed by atoms with Crippen molar-refractivity contribution in [1.82, 2.24) is 0 Å². The molecule has 0 spiro atoms. The number of hydrogen-bond acceptors (Lipinski definition) is 5. The third kappa shape index (κ3) is 9.02. The van der Waals surface area contributed by atoms with E-state index in [4.69, 9.17) is 14.6 Å². The molecule has 0 atom stereocenters. The quantitative estimate of drug-likeness (QED) is 0.372. The molecule has 0 heterocycles. The van der Waals surface area contributed by atoms with Crippen LogP contribution in [0.2, 0.25) is 0 Å². The molecular weight excluding hydrogens is 248 g/mol. The van der Waals surface area contributed by atoms with Crippen molar-refractivity contribution in [3.8, 4) is 0 Å². The first kappa shape index (κ1) is 17.4. The molecule has 19 heavy (non-hydrogen) atoms. The molecule has 0 aliphatic carbocycles.